The molecule has 0 radical (unpaired) electrons. The molecule has 2 rings (SSSR count). The average molecular weight is 330 g/mol. The predicted molar refractivity (Wildman–Crippen MR) is 98.1 cm³/mol. The molecule has 0 unspecified atom stereocenters. The number of carbonyl (C=O) groups excluding carboxylic acids is 1. The smallest absolute Gasteiger partial charge is 0.331 e. The summed E-state index contributed by atoms with van der Waals surface area (Å²) in [5, 5.41) is 0. The van der Waals surface area contributed by atoms with Crippen molar-refractivity contribution in [3.05, 3.63) is 35.9 Å². The molecule has 3 nitrogen and oxygen atoms in total. The van der Waals surface area contributed by atoms with Crippen LogP contribution in [0.15, 0.2) is 30.3 Å². The Morgan fingerprint density at radius 3 is 2.79 bits per heavy atom. The highest BCUT2D eigenvalue weighted by Crippen LogP contribution is 2.21. The van der Waals surface area contributed by atoms with Crippen LogP contribution in [0.2, 0.25) is 0 Å². The summed E-state index contributed by atoms with van der Waals surface area (Å²) in [6.45, 7) is 2.95. The lowest BCUT2D eigenvalue weighted by atomic mass is 9.98. The lowest BCUT2D eigenvalue weighted by molar-refractivity contribution is -0.144. The second-order valence-electron chi connectivity index (χ2n) is 6.51. The van der Waals surface area contributed by atoms with E-state index in [1.807, 2.05) is 24.3 Å². The molecule has 0 aromatic heterocycles. The van der Waals surface area contributed by atoms with Crippen molar-refractivity contribution in [2.45, 2.75) is 70.8 Å². The van der Waals surface area contributed by atoms with Gasteiger partial charge in [0.2, 0.25) is 0 Å². The summed E-state index contributed by atoms with van der Waals surface area (Å²) in [4.78, 5) is 11.9. The van der Waals surface area contributed by atoms with E-state index in [-0.39, 0.29) is 12.1 Å². The summed E-state index contributed by atoms with van der Waals surface area (Å²) < 4.78 is 11.3. The van der Waals surface area contributed by atoms with E-state index in [2.05, 4.69) is 6.92 Å². The summed E-state index contributed by atoms with van der Waals surface area (Å²) in [5.74, 6) is 0.613. The zero-order valence-electron chi connectivity index (χ0n) is 14.8. The van der Waals surface area contributed by atoms with Gasteiger partial charge < -0.3 is 9.47 Å². The molecule has 0 bridgehead atoms. The fraction of sp³-hybridized carbons (Fsp3) is 0.571. The minimum Gasteiger partial charge on any atom is -0.494 e. The third-order valence-electron chi connectivity index (χ3n) is 4.37. The van der Waals surface area contributed by atoms with Crippen LogP contribution in [0.5, 0.6) is 5.75 Å². The Bertz CT molecular complexity index is 516. The molecule has 1 saturated carbocycles. The second kappa shape index (κ2) is 10.9. The standard InChI is InChI=1S/C21H30O3/c1-2-3-4-8-16-23-20-13-9-10-18(17-20)14-15-21(22)24-19-11-6-5-7-12-19/h9-10,13-15,17,19H,2-8,11-12,16H2,1H3. The Hall–Kier alpha value is -1.77. The summed E-state index contributed by atoms with van der Waals surface area (Å²) >= 11 is 0. The molecule has 0 spiro atoms. The molecule has 132 valence electrons. The Morgan fingerprint density at radius 2 is 2.00 bits per heavy atom. The SMILES string of the molecule is CCCCCCOc1cccc(C=CC(=O)OC2CCCCC2)c1. The third kappa shape index (κ3) is 7.20. The summed E-state index contributed by atoms with van der Waals surface area (Å²) in [6, 6.07) is 7.84. The number of esters is 1. The van der Waals surface area contributed by atoms with Crippen molar-refractivity contribution in [2.75, 3.05) is 6.61 Å². The highest BCUT2D eigenvalue weighted by atomic mass is 16.5. The zero-order valence-corrected chi connectivity index (χ0v) is 14.8. The minimum atomic E-state index is -0.243. The second-order valence-corrected chi connectivity index (χ2v) is 6.51. The molecule has 0 N–H and O–H groups in total. The van der Waals surface area contributed by atoms with Crippen LogP contribution in [-0.4, -0.2) is 18.7 Å². The topological polar surface area (TPSA) is 35.5 Å². The van der Waals surface area contributed by atoms with Crippen LogP contribution in [0.3, 0.4) is 0 Å². The van der Waals surface area contributed by atoms with Gasteiger partial charge in [-0.15, -0.1) is 0 Å². The van der Waals surface area contributed by atoms with Gasteiger partial charge in [-0.25, -0.2) is 4.79 Å². The summed E-state index contributed by atoms with van der Waals surface area (Å²) in [6.07, 6.45) is 13.8. The van der Waals surface area contributed by atoms with Gasteiger partial charge in [-0.1, -0.05) is 44.7 Å². The van der Waals surface area contributed by atoms with E-state index in [1.54, 1.807) is 6.08 Å². The average Bonchev–Trinajstić information content (AvgIpc) is 2.61. The van der Waals surface area contributed by atoms with E-state index >= 15 is 0 Å². The molecular weight excluding hydrogens is 300 g/mol. The number of hydrogen-bond acceptors (Lipinski definition) is 3. The minimum absolute atomic E-state index is 0.105. The maximum atomic E-state index is 11.9. The number of rotatable bonds is 9. The first-order valence-electron chi connectivity index (χ1n) is 9.39. The van der Waals surface area contributed by atoms with Crippen molar-refractivity contribution < 1.29 is 14.3 Å². The fourth-order valence-corrected chi connectivity index (χ4v) is 2.98. The molecule has 1 aliphatic carbocycles. The van der Waals surface area contributed by atoms with Gasteiger partial charge >= 0.3 is 5.97 Å². The van der Waals surface area contributed by atoms with Gasteiger partial charge in [0.1, 0.15) is 11.9 Å². The highest BCUT2D eigenvalue weighted by Gasteiger charge is 2.16. The molecule has 0 saturated heterocycles. The van der Waals surface area contributed by atoms with Gasteiger partial charge in [-0.3, -0.25) is 0 Å². The lowest BCUT2D eigenvalue weighted by Gasteiger charge is -2.20. The van der Waals surface area contributed by atoms with Crippen molar-refractivity contribution in [1.29, 1.82) is 0 Å². The molecule has 0 atom stereocenters. The van der Waals surface area contributed by atoms with Gasteiger partial charge in [-0.05, 0) is 55.9 Å². The lowest BCUT2D eigenvalue weighted by Crippen LogP contribution is -2.19. The van der Waals surface area contributed by atoms with Crippen LogP contribution in [0.25, 0.3) is 6.08 Å². The van der Waals surface area contributed by atoms with Crippen molar-refractivity contribution in [3.8, 4) is 5.75 Å². The van der Waals surface area contributed by atoms with Gasteiger partial charge in [-0.2, -0.15) is 0 Å². The van der Waals surface area contributed by atoms with Gasteiger partial charge in [0, 0.05) is 6.08 Å². The van der Waals surface area contributed by atoms with Crippen LogP contribution < -0.4 is 4.74 Å². The van der Waals surface area contributed by atoms with E-state index in [0.717, 1.165) is 37.2 Å². The number of ether oxygens (including phenoxy) is 2. The largest absolute Gasteiger partial charge is 0.494 e. The molecular formula is C21H30O3. The first kappa shape index (κ1) is 18.6. The summed E-state index contributed by atoms with van der Waals surface area (Å²) in [7, 11) is 0. The Balaban J connectivity index is 1.76. The van der Waals surface area contributed by atoms with E-state index in [4.69, 9.17) is 9.47 Å². The van der Waals surface area contributed by atoms with Crippen LogP contribution in [0.1, 0.15) is 70.3 Å². The quantitative estimate of drug-likeness (QED) is 0.339. The Labute approximate surface area is 146 Å². The van der Waals surface area contributed by atoms with E-state index < -0.39 is 0 Å². The van der Waals surface area contributed by atoms with Crippen molar-refractivity contribution in [3.63, 3.8) is 0 Å². The van der Waals surface area contributed by atoms with Gasteiger partial charge in [0.25, 0.3) is 0 Å². The summed E-state index contributed by atoms with van der Waals surface area (Å²) in [5.41, 5.74) is 0.960. The van der Waals surface area contributed by atoms with Crippen LogP contribution in [0.4, 0.5) is 0 Å². The highest BCUT2D eigenvalue weighted by molar-refractivity contribution is 5.87. The van der Waals surface area contributed by atoms with E-state index in [0.29, 0.717) is 0 Å². The molecule has 24 heavy (non-hydrogen) atoms. The number of carbonyl (C=O) groups is 1. The number of benzene rings is 1. The number of hydrogen-bond donors (Lipinski definition) is 0. The maximum absolute atomic E-state index is 11.9. The van der Waals surface area contributed by atoms with Gasteiger partial charge in [0.05, 0.1) is 6.61 Å². The third-order valence-corrected chi connectivity index (χ3v) is 4.37. The molecule has 0 heterocycles. The van der Waals surface area contributed by atoms with Crippen LogP contribution in [0, 0.1) is 0 Å². The predicted octanol–water partition coefficient (Wildman–Crippen LogP) is 5.53. The first-order valence-corrected chi connectivity index (χ1v) is 9.39. The fourth-order valence-electron chi connectivity index (χ4n) is 2.98. The zero-order chi connectivity index (χ0) is 17.0. The maximum Gasteiger partial charge on any atom is 0.331 e. The first-order chi connectivity index (χ1) is 11.8. The molecule has 1 aromatic rings. The van der Waals surface area contributed by atoms with Crippen LogP contribution >= 0.6 is 0 Å². The van der Waals surface area contributed by atoms with E-state index in [9.17, 15) is 4.79 Å². The molecule has 0 amide bonds. The monoisotopic (exact) mass is 330 g/mol. The van der Waals surface area contributed by atoms with E-state index in [1.165, 1.54) is 44.6 Å². The molecule has 3 heteroatoms. The van der Waals surface area contributed by atoms with Crippen molar-refractivity contribution >= 4 is 12.0 Å². The molecule has 1 aliphatic rings. The van der Waals surface area contributed by atoms with Gasteiger partial charge in [0.15, 0.2) is 0 Å². The number of unbranched alkanes of at least 4 members (excludes halogenated alkanes) is 3. The Morgan fingerprint density at radius 1 is 1.17 bits per heavy atom. The normalized spacial score (nSPS) is 15.5. The van der Waals surface area contributed by atoms with Crippen molar-refractivity contribution in [2.24, 2.45) is 0 Å². The van der Waals surface area contributed by atoms with Crippen LogP contribution in [-0.2, 0) is 9.53 Å². The van der Waals surface area contributed by atoms with Crippen molar-refractivity contribution in [1.82, 2.24) is 0 Å². The molecule has 1 fully saturated rings. The molecule has 1 aromatic carbocycles. The molecule has 0 aliphatic heterocycles. The Kier molecular flexibility index (Phi) is 8.43.